The molecule has 88 valence electrons. The van der Waals surface area contributed by atoms with Crippen LogP contribution < -0.4 is 10.6 Å². The molecule has 5 heteroatoms. The number of carbonyl (C=O) groups excluding carboxylic acids is 1. The number of ketones is 1. The Balaban J connectivity index is 2.91. The fourth-order valence-electron chi connectivity index (χ4n) is 2.40. The summed E-state index contributed by atoms with van der Waals surface area (Å²) in [5.41, 5.74) is -0.486. The third kappa shape index (κ3) is 2.20. The van der Waals surface area contributed by atoms with Gasteiger partial charge in [-0.25, -0.2) is 0 Å². The molecular formula is C10H22N4O. The summed E-state index contributed by atoms with van der Waals surface area (Å²) in [7, 11) is 3.92. The molecule has 1 heterocycles. The monoisotopic (exact) mass is 214 g/mol. The Kier molecular flexibility index (Phi) is 4.21. The van der Waals surface area contributed by atoms with E-state index in [-0.39, 0.29) is 5.78 Å². The van der Waals surface area contributed by atoms with Crippen LogP contribution in [0, 0.1) is 0 Å². The average molecular weight is 214 g/mol. The molecule has 0 bridgehead atoms. The van der Waals surface area contributed by atoms with E-state index in [2.05, 4.69) is 22.5 Å². The number of likely N-dealkylation sites (N-methyl/N-ethyl adjacent to an activating group) is 1. The molecule has 1 atom stereocenters. The minimum absolute atomic E-state index is 0.195. The van der Waals surface area contributed by atoms with Gasteiger partial charge in [0.1, 0.15) is 5.66 Å². The SMILES string of the molecule is CCC(C(C)=O)(N(C)C)N1CNCNC1. The molecule has 1 unspecified atom stereocenters. The standard InChI is InChI=1S/C10H22N4O/c1-5-10(9(2)15,13(3)4)14-7-11-6-12-8-14/h11-12H,5-8H2,1-4H3. The second-order valence-corrected chi connectivity index (χ2v) is 4.15. The molecule has 2 N–H and O–H groups in total. The maximum Gasteiger partial charge on any atom is 0.164 e. The van der Waals surface area contributed by atoms with Crippen LogP contribution in [0.2, 0.25) is 0 Å². The van der Waals surface area contributed by atoms with Gasteiger partial charge in [-0.1, -0.05) is 6.92 Å². The van der Waals surface area contributed by atoms with Gasteiger partial charge >= 0.3 is 0 Å². The lowest BCUT2D eigenvalue weighted by Gasteiger charge is -2.47. The fraction of sp³-hybridized carbons (Fsp3) is 0.900. The van der Waals surface area contributed by atoms with Crippen molar-refractivity contribution in [3.05, 3.63) is 0 Å². The van der Waals surface area contributed by atoms with Gasteiger partial charge in [-0.2, -0.15) is 0 Å². The van der Waals surface area contributed by atoms with Gasteiger partial charge < -0.3 is 0 Å². The van der Waals surface area contributed by atoms with Crippen molar-refractivity contribution in [1.29, 1.82) is 0 Å². The second kappa shape index (κ2) is 5.03. The van der Waals surface area contributed by atoms with Crippen molar-refractivity contribution in [2.24, 2.45) is 0 Å². The van der Waals surface area contributed by atoms with E-state index < -0.39 is 5.66 Å². The number of nitrogens with zero attached hydrogens (tertiary/aromatic N) is 2. The van der Waals surface area contributed by atoms with Gasteiger partial charge in [0, 0.05) is 6.67 Å². The molecule has 0 aromatic heterocycles. The van der Waals surface area contributed by atoms with Crippen LogP contribution in [-0.2, 0) is 4.79 Å². The van der Waals surface area contributed by atoms with Crippen molar-refractivity contribution in [3.63, 3.8) is 0 Å². The fourth-order valence-corrected chi connectivity index (χ4v) is 2.40. The molecule has 0 aromatic carbocycles. The van der Waals surface area contributed by atoms with Gasteiger partial charge in [0.15, 0.2) is 5.78 Å². The molecule has 1 aliphatic rings. The van der Waals surface area contributed by atoms with E-state index in [0.717, 1.165) is 26.4 Å². The lowest BCUT2D eigenvalue weighted by atomic mass is 9.99. The molecule has 1 aliphatic heterocycles. The number of hydrogen-bond acceptors (Lipinski definition) is 5. The maximum absolute atomic E-state index is 11.9. The third-order valence-corrected chi connectivity index (χ3v) is 3.18. The molecule has 1 fully saturated rings. The number of carbonyl (C=O) groups is 1. The smallest absolute Gasteiger partial charge is 0.164 e. The zero-order chi connectivity index (χ0) is 11.5. The van der Waals surface area contributed by atoms with Crippen LogP contribution in [0.25, 0.3) is 0 Å². The third-order valence-electron chi connectivity index (χ3n) is 3.18. The summed E-state index contributed by atoms with van der Waals surface area (Å²) in [5.74, 6) is 0.195. The van der Waals surface area contributed by atoms with Crippen molar-refractivity contribution in [1.82, 2.24) is 20.4 Å². The molecule has 0 radical (unpaired) electrons. The molecule has 1 rings (SSSR count). The predicted octanol–water partition coefficient (Wildman–Crippen LogP) is -0.389. The zero-order valence-corrected chi connectivity index (χ0v) is 10.1. The Labute approximate surface area is 91.8 Å². The average Bonchev–Trinajstić information content (AvgIpc) is 2.20. The van der Waals surface area contributed by atoms with Crippen LogP contribution >= 0.6 is 0 Å². The van der Waals surface area contributed by atoms with Crippen LogP contribution in [0.5, 0.6) is 0 Å². The van der Waals surface area contributed by atoms with Gasteiger partial charge in [0.05, 0.1) is 13.3 Å². The Morgan fingerprint density at radius 3 is 2.27 bits per heavy atom. The summed E-state index contributed by atoms with van der Waals surface area (Å²) in [6, 6.07) is 0. The molecule has 0 saturated carbocycles. The van der Waals surface area contributed by atoms with E-state index in [4.69, 9.17) is 0 Å². The van der Waals surface area contributed by atoms with E-state index in [0.29, 0.717) is 0 Å². The van der Waals surface area contributed by atoms with E-state index in [1.165, 1.54) is 0 Å². The molecule has 0 aromatic rings. The summed E-state index contributed by atoms with van der Waals surface area (Å²) in [4.78, 5) is 16.0. The van der Waals surface area contributed by atoms with Gasteiger partial charge in [-0.15, -0.1) is 0 Å². The second-order valence-electron chi connectivity index (χ2n) is 4.15. The number of Topliss-reactive ketones (excluding diaryl/α,β-unsaturated/α-hetero) is 1. The molecule has 5 nitrogen and oxygen atoms in total. The molecular weight excluding hydrogens is 192 g/mol. The summed E-state index contributed by atoms with van der Waals surface area (Å²) in [6.45, 7) is 6.02. The molecule has 0 spiro atoms. The Morgan fingerprint density at radius 2 is 1.93 bits per heavy atom. The van der Waals surface area contributed by atoms with Crippen LogP contribution in [0.15, 0.2) is 0 Å². The largest absolute Gasteiger partial charge is 0.296 e. The van der Waals surface area contributed by atoms with Gasteiger partial charge in [0.25, 0.3) is 0 Å². The first kappa shape index (κ1) is 12.6. The predicted molar refractivity (Wildman–Crippen MR) is 60.1 cm³/mol. The Morgan fingerprint density at radius 1 is 1.40 bits per heavy atom. The van der Waals surface area contributed by atoms with Crippen LogP contribution in [0.1, 0.15) is 20.3 Å². The van der Waals surface area contributed by atoms with Crippen molar-refractivity contribution in [3.8, 4) is 0 Å². The van der Waals surface area contributed by atoms with E-state index in [1.807, 2.05) is 19.0 Å². The van der Waals surface area contributed by atoms with Crippen molar-refractivity contribution < 1.29 is 4.79 Å². The number of hydrogen-bond donors (Lipinski definition) is 2. The minimum Gasteiger partial charge on any atom is -0.296 e. The highest BCUT2D eigenvalue weighted by molar-refractivity contribution is 5.85. The highest BCUT2D eigenvalue weighted by Crippen LogP contribution is 2.23. The normalized spacial score (nSPS) is 22.7. The summed E-state index contributed by atoms with van der Waals surface area (Å²) < 4.78 is 0. The lowest BCUT2D eigenvalue weighted by Crippen LogP contribution is -2.68. The first-order chi connectivity index (χ1) is 7.05. The number of nitrogens with one attached hydrogen (secondary N) is 2. The van der Waals surface area contributed by atoms with Crippen molar-refractivity contribution in [2.45, 2.75) is 25.9 Å². The van der Waals surface area contributed by atoms with Gasteiger partial charge in [0.2, 0.25) is 0 Å². The van der Waals surface area contributed by atoms with Gasteiger partial charge in [-0.05, 0) is 27.4 Å². The first-order valence-corrected chi connectivity index (χ1v) is 5.40. The van der Waals surface area contributed by atoms with E-state index in [1.54, 1.807) is 6.92 Å². The minimum atomic E-state index is -0.486. The zero-order valence-electron chi connectivity index (χ0n) is 10.1. The van der Waals surface area contributed by atoms with Crippen molar-refractivity contribution >= 4 is 5.78 Å². The first-order valence-electron chi connectivity index (χ1n) is 5.40. The van der Waals surface area contributed by atoms with Gasteiger partial charge in [-0.3, -0.25) is 25.2 Å². The summed E-state index contributed by atoms with van der Waals surface area (Å²) in [6.07, 6.45) is 0.790. The Bertz CT molecular complexity index is 225. The highest BCUT2D eigenvalue weighted by atomic mass is 16.1. The topological polar surface area (TPSA) is 47.6 Å². The quantitative estimate of drug-likeness (QED) is 0.667. The lowest BCUT2D eigenvalue weighted by molar-refractivity contribution is -0.144. The van der Waals surface area contributed by atoms with Crippen molar-refractivity contribution in [2.75, 3.05) is 34.1 Å². The van der Waals surface area contributed by atoms with E-state index >= 15 is 0 Å². The molecule has 1 saturated heterocycles. The van der Waals surface area contributed by atoms with Crippen LogP contribution in [-0.4, -0.2) is 55.3 Å². The molecule has 0 amide bonds. The van der Waals surface area contributed by atoms with Crippen LogP contribution in [0.3, 0.4) is 0 Å². The molecule has 0 aliphatic carbocycles. The van der Waals surface area contributed by atoms with Crippen LogP contribution in [0.4, 0.5) is 0 Å². The molecule has 15 heavy (non-hydrogen) atoms. The summed E-state index contributed by atoms with van der Waals surface area (Å²) in [5, 5.41) is 6.44. The summed E-state index contributed by atoms with van der Waals surface area (Å²) >= 11 is 0. The highest BCUT2D eigenvalue weighted by Gasteiger charge is 2.42. The Hall–Kier alpha value is -0.490. The number of rotatable bonds is 4. The van der Waals surface area contributed by atoms with E-state index in [9.17, 15) is 4.79 Å². The maximum atomic E-state index is 11.9.